The molecule has 0 radical (unpaired) electrons. The van der Waals surface area contributed by atoms with Crippen LogP contribution in [0.15, 0.2) is 53.4 Å². The second-order valence-electron chi connectivity index (χ2n) is 6.19. The SMILES string of the molecule is C[C@@H](OC(=O)C[C@@H]1Sc2ccccc2NC1=O)C(=O)Nc1ccccc1[N+](=O)[O-]. The Morgan fingerprint density at radius 1 is 1.24 bits per heavy atom. The summed E-state index contributed by atoms with van der Waals surface area (Å²) in [5.74, 6) is -1.75. The predicted octanol–water partition coefficient (Wildman–Crippen LogP) is 2.97. The molecule has 2 amide bonds. The average molecular weight is 415 g/mol. The van der Waals surface area contributed by atoms with E-state index < -0.39 is 28.2 Å². The lowest BCUT2D eigenvalue weighted by molar-refractivity contribution is -0.383. The number of ether oxygens (including phenoxy) is 1. The number of nitrogens with one attached hydrogen (secondary N) is 2. The molecule has 150 valence electrons. The molecule has 2 atom stereocenters. The number of fused-ring (bicyclic) bond motifs is 1. The van der Waals surface area contributed by atoms with Crippen molar-refractivity contribution in [2.75, 3.05) is 10.6 Å². The van der Waals surface area contributed by atoms with Crippen molar-refractivity contribution in [2.24, 2.45) is 0 Å². The van der Waals surface area contributed by atoms with Crippen LogP contribution in [0, 0.1) is 10.1 Å². The lowest BCUT2D eigenvalue weighted by atomic mass is 10.2. The quantitative estimate of drug-likeness (QED) is 0.422. The molecule has 0 saturated heterocycles. The van der Waals surface area contributed by atoms with E-state index >= 15 is 0 Å². The first-order chi connectivity index (χ1) is 13.8. The Balaban J connectivity index is 1.57. The molecule has 0 bridgehead atoms. The Kier molecular flexibility index (Phi) is 6.13. The van der Waals surface area contributed by atoms with E-state index in [1.165, 1.54) is 43.0 Å². The van der Waals surface area contributed by atoms with E-state index in [-0.39, 0.29) is 23.7 Å². The van der Waals surface area contributed by atoms with Crippen molar-refractivity contribution in [1.82, 2.24) is 0 Å². The minimum absolute atomic E-state index is 0.00391. The molecule has 2 aromatic rings. The van der Waals surface area contributed by atoms with Crippen molar-refractivity contribution in [2.45, 2.75) is 29.6 Å². The van der Waals surface area contributed by atoms with Crippen LogP contribution in [0.4, 0.5) is 17.1 Å². The van der Waals surface area contributed by atoms with Gasteiger partial charge in [-0.2, -0.15) is 0 Å². The van der Waals surface area contributed by atoms with Crippen molar-refractivity contribution in [3.8, 4) is 0 Å². The van der Waals surface area contributed by atoms with Gasteiger partial charge in [-0.3, -0.25) is 24.5 Å². The molecule has 10 heteroatoms. The van der Waals surface area contributed by atoms with E-state index in [4.69, 9.17) is 4.74 Å². The zero-order valence-electron chi connectivity index (χ0n) is 15.3. The molecule has 0 spiro atoms. The highest BCUT2D eigenvalue weighted by Crippen LogP contribution is 2.36. The summed E-state index contributed by atoms with van der Waals surface area (Å²) in [5.41, 5.74) is 0.418. The Morgan fingerprint density at radius 3 is 2.69 bits per heavy atom. The molecule has 1 aliphatic heterocycles. The largest absolute Gasteiger partial charge is 0.452 e. The van der Waals surface area contributed by atoms with Gasteiger partial charge in [0.25, 0.3) is 11.6 Å². The summed E-state index contributed by atoms with van der Waals surface area (Å²) in [5, 5.41) is 15.5. The number of carbonyl (C=O) groups excluding carboxylic acids is 3. The van der Waals surface area contributed by atoms with Gasteiger partial charge in [-0.1, -0.05) is 24.3 Å². The lowest BCUT2D eigenvalue weighted by Crippen LogP contribution is -2.34. The number of esters is 1. The maximum atomic E-state index is 12.2. The van der Waals surface area contributed by atoms with Crippen LogP contribution in [-0.2, 0) is 19.1 Å². The highest BCUT2D eigenvalue weighted by molar-refractivity contribution is 8.01. The van der Waals surface area contributed by atoms with E-state index in [2.05, 4.69) is 10.6 Å². The number of nitro benzene ring substituents is 1. The summed E-state index contributed by atoms with van der Waals surface area (Å²) in [7, 11) is 0. The van der Waals surface area contributed by atoms with Crippen LogP contribution in [0.25, 0.3) is 0 Å². The van der Waals surface area contributed by atoms with Crippen LogP contribution in [0.2, 0.25) is 0 Å². The van der Waals surface area contributed by atoms with E-state index in [9.17, 15) is 24.5 Å². The molecular formula is C19H17N3O6S. The number of hydrogen-bond donors (Lipinski definition) is 2. The molecular weight excluding hydrogens is 398 g/mol. The molecule has 0 unspecified atom stereocenters. The number of para-hydroxylation sites is 3. The van der Waals surface area contributed by atoms with Gasteiger partial charge < -0.3 is 15.4 Å². The van der Waals surface area contributed by atoms with Crippen LogP contribution < -0.4 is 10.6 Å². The number of nitro groups is 1. The minimum Gasteiger partial charge on any atom is -0.452 e. The van der Waals surface area contributed by atoms with Gasteiger partial charge in [-0.25, -0.2) is 0 Å². The van der Waals surface area contributed by atoms with Gasteiger partial charge in [0.15, 0.2) is 6.10 Å². The van der Waals surface area contributed by atoms with E-state index in [0.717, 1.165) is 4.90 Å². The molecule has 0 fully saturated rings. The number of carbonyl (C=O) groups is 3. The topological polar surface area (TPSA) is 128 Å². The zero-order valence-corrected chi connectivity index (χ0v) is 16.1. The molecule has 1 heterocycles. The normalized spacial score (nSPS) is 16.2. The molecule has 3 rings (SSSR count). The highest BCUT2D eigenvalue weighted by Gasteiger charge is 2.30. The number of anilines is 2. The van der Waals surface area contributed by atoms with Crippen LogP contribution in [-0.4, -0.2) is 34.1 Å². The van der Waals surface area contributed by atoms with Crippen LogP contribution >= 0.6 is 11.8 Å². The first-order valence-corrected chi connectivity index (χ1v) is 9.53. The van der Waals surface area contributed by atoms with E-state index in [0.29, 0.717) is 5.69 Å². The van der Waals surface area contributed by atoms with Crippen molar-refractivity contribution in [1.29, 1.82) is 0 Å². The molecule has 0 saturated carbocycles. The second kappa shape index (κ2) is 8.74. The van der Waals surface area contributed by atoms with Crippen molar-refractivity contribution in [3.05, 3.63) is 58.6 Å². The Hall–Kier alpha value is -3.40. The van der Waals surface area contributed by atoms with Crippen LogP contribution in [0.5, 0.6) is 0 Å². The third-order valence-electron chi connectivity index (χ3n) is 4.09. The zero-order chi connectivity index (χ0) is 21.0. The van der Waals surface area contributed by atoms with Gasteiger partial charge in [0.1, 0.15) is 5.69 Å². The standard InChI is InChI=1S/C19H17N3O6S/c1-11(18(24)20-12-6-2-4-8-14(12)22(26)27)28-17(23)10-16-19(25)21-13-7-3-5-9-15(13)29-16/h2-9,11,16H,10H2,1H3,(H,20,24)(H,21,25)/t11-,16+/m1/s1. The number of thioether (sulfide) groups is 1. The van der Waals surface area contributed by atoms with Gasteiger partial charge in [-0.05, 0) is 25.1 Å². The van der Waals surface area contributed by atoms with Crippen LogP contribution in [0.3, 0.4) is 0 Å². The third kappa shape index (κ3) is 4.91. The number of hydrogen-bond acceptors (Lipinski definition) is 7. The van der Waals surface area contributed by atoms with E-state index in [1.807, 2.05) is 12.1 Å². The predicted molar refractivity (Wildman–Crippen MR) is 107 cm³/mol. The molecule has 0 aromatic heterocycles. The monoisotopic (exact) mass is 415 g/mol. The van der Waals surface area contributed by atoms with Gasteiger partial charge in [0, 0.05) is 11.0 Å². The number of nitrogens with zero attached hydrogens (tertiary/aromatic N) is 1. The van der Waals surface area contributed by atoms with Crippen molar-refractivity contribution >= 4 is 46.6 Å². The smallest absolute Gasteiger partial charge is 0.308 e. The minimum atomic E-state index is -1.19. The first kappa shape index (κ1) is 20.3. The summed E-state index contributed by atoms with van der Waals surface area (Å²) in [4.78, 5) is 47.9. The number of benzene rings is 2. The lowest BCUT2D eigenvalue weighted by Gasteiger charge is -2.23. The summed E-state index contributed by atoms with van der Waals surface area (Å²) < 4.78 is 5.11. The molecule has 0 aliphatic carbocycles. The summed E-state index contributed by atoms with van der Waals surface area (Å²) >= 11 is 1.25. The van der Waals surface area contributed by atoms with Gasteiger partial charge >= 0.3 is 5.97 Å². The molecule has 9 nitrogen and oxygen atoms in total. The fourth-order valence-corrected chi connectivity index (χ4v) is 3.75. The molecule has 2 N–H and O–H groups in total. The Bertz CT molecular complexity index is 980. The van der Waals surface area contributed by atoms with E-state index in [1.54, 1.807) is 12.1 Å². The second-order valence-corrected chi connectivity index (χ2v) is 7.44. The van der Waals surface area contributed by atoms with Gasteiger partial charge in [0.2, 0.25) is 5.91 Å². The Labute approximate surface area is 170 Å². The summed E-state index contributed by atoms with van der Waals surface area (Å²) in [6.07, 6.45) is -1.40. The number of amides is 2. The fourth-order valence-electron chi connectivity index (χ4n) is 2.65. The van der Waals surface area contributed by atoms with Crippen LogP contribution in [0.1, 0.15) is 13.3 Å². The summed E-state index contributed by atoms with van der Waals surface area (Å²) in [6, 6.07) is 12.9. The molecule has 29 heavy (non-hydrogen) atoms. The number of rotatable bonds is 6. The average Bonchev–Trinajstić information content (AvgIpc) is 2.68. The molecule has 2 aromatic carbocycles. The van der Waals surface area contributed by atoms with Gasteiger partial charge in [-0.15, -0.1) is 11.8 Å². The maximum absolute atomic E-state index is 12.2. The maximum Gasteiger partial charge on any atom is 0.308 e. The first-order valence-electron chi connectivity index (χ1n) is 8.65. The fraction of sp³-hybridized carbons (Fsp3) is 0.211. The highest BCUT2D eigenvalue weighted by atomic mass is 32.2. The van der Waals surface area contributed by atoms with Crippen molar-refractivity contribution < 1.29 is 24.0 Å². The van der Waals surface area contributed by atoms with Gasteiger partial charge in [0.05, 0.1) is 22.3 Å². The Morgan fingerprint density at radius 2 is 1.93 bits per heavy atom. The molecule has 1 aliphatic rings. The summed E-state index contributed by atoms with van der Waals surface area (Å²) in [6.45, 7) is 1.35. The van der Waals surface area contributed by atoms with Crippen molar-refractivity contribution in [3.63, 3.8) is 0 Å². The third-order valence-corrected chi connectivity index (χ3v) is 5.37.